The van der Waals surface area contributed by atoms with Crippen molar-refractivity contribution in [2.75, 3.05) is 19.1 Å². The van der Waals surface area contributed by atoms with Gasteiger partial charge in [0.1, 0.15) is 22.8 Å². The number of benzene rings is 2. The van der Waals surface area contributed by atoms with Gasteiger partial charge in [0.2, 0.25) is 0 Å². The molecule has 4 aromatic rings. The van der Waals surface area contributed by atoms with E-state index in [1.54, 1.807) is 43.6 Å². The Hall–Kier alpha value is -3.32. The first-order valence-corrected chi connectivity index (χ1v) is 9.43. The normalized spacial score (nSPS) is 10.8. The van der Waals surface area contributed by atoms with Gasteiger partial charge in [0.05, 0.1) is 37.3 Å². The molecule has 6 nitrogen and oxygen atoms in total. The van der Waals surface area contributed by atoms with Crippen molar-refractivity contribution in [3.8, 4) is 11.5 Å². The second-order valence-corrected chi connectivity index (χ2v) is 6.98. The van der Waals surface area contributed by atoms with Crippen molar-refractivity contribution in [2.45, 2.75) is 6.54 Å². The number of carbonyl (C=O) groups is 1. The van der Waals surface area contributed by atoms with E-state index >= 15 is 0 Å². The standard InChI is InChI=1S/C21H18N2O4S/c1-25-16-9-4-3-8-15(16)20(24)23(13-14-7-6-12-27-14)21-22-19-17(26-2)10-5-11-18(19)28-21/h3-12H,13H2,1-2H3. The number of nitrogens with zero attached hydrogens (tertiary/aromatic N) is 2. The van der Waals surface area contributed by atoms with Crippen LogP contribution < -0.4 is 14.4 Å². The van der Waals surface area contributed by atoms with Crippen molar-refractivity contribution < 1.29 is 18.7 Å². The van der Waals surface area contributed by atoms with Crippen LogP contribution in [-0.2, 0) is 6.54 Å². The minimum absolute atomic E-state index is 0.216. The predicted octanol–water partition coefficient (Wildman–Crippen LogP) is 4.75. The molecular formula is C21H18N2O4S. The summed E-state index contributed by atoms with van der Waals surface area (Å²) in [5, 5.41) is 0.562. The quantitative estimate of drug-likeness (QED) is 0.472. The number of ether oxygens (including phenoxy) is 2. The number of fused-ring (bicyclic) bond motifs is 1. The Morgan fingerprint density at radius 3 is 2.57 bits per heavy atom. The van der Waals surface area contributed by atoms with Gasteiger partial charge in [0.25, 0.3) is 5.91 Å². The molecule has 0 saturated carbocycles. The highest BCUT2D eigenvalue weighted by molar-refractivity contribution is 7.22. The third kappa shape index (κ3) is 3.32. The highest BCUT2D eigenvalue weighted by Crippen LogP contribution is 2.36. The molecule has 0 atom stereocenters. The molecule has 28 heavy (non-hydrogen) atoms. The highest BCUT2D eigenvalue weighted by Gasteiger charge is 2.25. The van der Waals surface area contributed by atoms with E-state index in [2.05, 4.69) is 4.98 Å². The zero-order chi connectivity index (χ0) is 19.5. The number of anilines is 1. The van der Waals surface area contributed by atoms with E-state index in [0.29, 0.717) is 28.0 Å². The summed E-state index contributed by atoms with van der Waals surface area (Å²) in [4.78, 5) is 19.7. The molecule has 142 valence electrons. The van der Waals surface area contributed by atoms with E-state index in [1.165, 1.54) is 11.3 Å². The van der Waals surface area contributed by atoms with Gasteiger partial charge >= 0.3 is 0 Å². The summed E-state index contributed by atoms with van der Waals surface area (Å²) >= 11 is 1.42. The second kappa shape index (κ2) is 7.74. The van der Waals surface area contributed by atoms with Gasteiger partial charge in [-0.1, -0.05) is 29.5 Å². The van der Waals surface area contributed by atoms with Crippen molar-refractivity contribution in [2.24, 2.45) is 0 Å². The Kier molecular flexibility index (Phi) is 4.99. The minimum Gasteiger partial charge on any atom is -0.496 e. The van der Waals surface area contributed by atoms with Crippen molar-refractivity contribution in [1.29, 1.82) is 0 Å². The highest BCUT2D eigenvalue weighted by atomic mass is 32.1. The van der Waals surface area contributed by atoms with Crippen LogP contribution >= 0.6 is 11.3 Å². The van der Waals surface area contributed by atoms with Crippen molar-refractivity contribution in [3.05, 3.63) is 72.2 Å². The molecule has 0 radical (unpaired) electrons. The Bertz CT molecular complexity index is 1100. The lowest BCUT2D eigenvalue weighted by atomic mass is 10.1. The number of para-hydroxylation sites is 2. The van der Waals surface area contributed by atoms with E-state index in [-0.39, 0.29) is 12.5 Å². The Morgan fingerprint density at radius 2 is 1.82 bits per heavy atom. The van der Waals surface area contributed by atoms with Gasteiger partial charge in [0.15, 0.2) is 5.13 Å². The fraction of sp³-hybridized carbons (Fsp3) is 0.143. The van der Waals surface area contributed by atoms with Gasteiger partial charge in [-0.2, -0.15) is 0 Å². The smallest absolute Gasteiger partial charge is 0.264 e. The number of carbonyl (C=O) groups excluding carboxylic acids is 1. The third-order valence-corrected chi connectivity index (χ3v) is 5.34. The molecule has 0 unspecified atom stereocenters. The molecule has 2 heterocycles. The Labute approximate surface area is 165 Å². The molecule has 7 heteroatoms. The average Bonchev–Trinajstić information content (AvgIpc) is 3.40. The van der Waals surface area contributed by atoms with E-state index in [9.17, 15) is 4.79 Å². The summed E-state index contributed by atoms with van der Waals surface area (Å²) in [6, 6.07) is 16.5. The average molecular weight is 394 g/mol. The number of thiazole rings is 1. The first-order valence-electron chi connectivity index (χ1n) is 8.62. The van der Waals surface area contributed by atoms with E-state index < -0.39 is 0 Å². The van der Waals surface area contributed by atoms with E-state index in [0.717, 1.165) is 10.2 Å². The largest absolute Gasteiger partial charge is 0.496 e. The lowest BCUT2D eigenvalue weighted by Gasteiger charge is -2.20. The van der Waals surface area contributed by atoms with Crippen LogP contribution in [0.1, 0.15) is 16.1 Å². The lowest BCUT2D eigenvalue weighted by Crippen LogP contribution is -2.30. The molecular weight excluding hydrogens is 376 g/mol. The molecule has 4 rings (SSSR count). The number of hydrogen-bond acceptors (Lipinski definition) is 6. The number of rotatable bonds is 6. The van der Waals surface area contributed by atoms with Crippen molar-refractivity contribution in [3.63, 3.8) is 0 Å². The number of hydrogen-bond donors (Lipinski definition) is 0. The summed E-state index contributed by atoms with van der Waals surface area (Å²) in [7, 11) is 3.15. The third-order valence-electron chi connectivity index (χ3n) is 4.30. The summed E-state index contributed by atoms with van der Waals surface area (Å²) in [6.07, 6.45) is 1.59. The van der Waals surface area contributed by atoms with E-state index in [1.807, 2.05) is 36.4 Å². The summed E-state index contributed by atoms with van der Waals surface area (Å²) < 4.78 is 17.2. The molecule has 0 spiro atoms. The van der Waals surface area contributed by atoms with Gasteiger partial charge in [-0.15, -0.1) is 0 Å². The van der Waals surface area contributed by atoms with Crippen LogP contribution in [0.15, 0.2) is 65.3 Å². The zero-order valence-corrected chi connectivity index (χ0v) is 16.2. The van der Waals surface area contributed by atoms with Gasteiger partial charge in [0, 0.05) is 0 Å². The fourth-order valence-electron chi connectivity index (χ4n) is 2.94. The number of amides is 1. The summed E-state index contributed by atoms with van der Waals surface area (Å²) in [5.74, 6) is 1.62. The molecule has 0 saturated heterocycles. The summed E-state index contributed by atoms with van der Waals surface area (Å²) in [6.45, 7) is 0.256. The van der Waals surface area contributed by atoms with Gasteiger partial charge in [-0.3, -0.25) is 9.69 Å². The van der Waals surface area contributed by atoms with Crippen LogP contribution in [0.5, 0.6) is 11.5 Å². The topological polar surface area (TPSA) is 64.8 Å². The predicted molar refractivity (Wildman–Crippen MR) is 108 cm³/mol. The van der Waals surface area contributed by atoms with Gasteiger partial charge < -0.3 is 13.9 Å². The molecule has 0 aliphatic heterocycles. The molecule has 0 bridgehead atoms. The number of furan rings is 1. The van der Waals surface area contributed by atoms with Crippen molar-refractivity contribution in [1.82, 2.24) is 4.98 Å². The van der Waals surface area contributed by atoms with Crippen LogP contribution in [0.25, 0.3) is 10.2 Å². The first-order chi connectivity index (χ1) is 13.7. The maximum atomic E-state index is 13.4. The van der Waals surface area contributed by atoms with Crippen molar-refractivity contribution >= 4 is 32.6 Å². The second-order valence-electron chi connectivity index (χ2n) is 5.97. The first kappa shape index (κ1) is 18.1. The summed E-state index contributed by atoms with van der Waals surface area (Å²) in [5.41, 5.74) is 1.19. The molecule has 2 aromatic carbocycles. The van der Waals surface area contributed by atoms with Crippen LogP contribution in [0.4, 0.5) is 5.13 Å². The Morgan fingerprint density at radius 1 is 1.04 bits per heavy atom. The van der Waals surface area contributed by atoms with Gasteiger partial charge in [-0.05, 0) is 36.4 Å². The SMILES string of the molecule is COc1ccccc1C(=O)N(Cc1ccco1)c1nc2c(OC)cccc2s1. The molecule has 1 amide bonds. The number of methoxy groups -OCH3 is 2. The fourth-order valence-corrected chi connectivity index (χ4v) is 3.92. The zero-order valence-electron chi connectivity index (χ0n) is 15.4. The monoisotopic (exact) mass is 394 g/mol. The maximum absolute atomic E-state index is 13.4. The molecule has 0 aliphatic carbocycles. The molecule has 0 aliphatic rings. The van der Waals surface area contributed by atoms with Crippen LogP contribution in [0.3, 0.4) is 0 Å². The molecule has 0 N–H and O–H groups in total. The minimum atomic E-state index is -0.216. The maximum Gasteiger partial charge on any atom is 0.264 e. The van der Waals surface area contributed by atoms with Gasteiger partial charge in [-0.25, -0.2) is 4.98 Å². The number of aromatic nitrogens is 1. The molecule has 0 fully saturated rings. The van der Waals surface area contributed by atoms with Crippen LogP contribution in [0.2, 0.25) is 0 Å². The van der Waals surface area contributed by atoms with E-state index in [4.69, 9.17) is 13.9 Å². The Balaban J connectivity index is 1.81. The lowest BCUT2D eigenvalue weighted by molar-refractivity contribution is 0.0980. The van der Waals surface area contributed by atoms with Crippen LogP contribution in [0, 0.1) is 0 Å². The van der Waals surface area contributed by atoms with Crippen LogP contribution in [-0.4, -0.2) is 25.1 Å². The molecule has 2 aromatic heterocycles.